The lowest BCUT2D eigenvalue weighted by Crippen LogP contribution is -2.68. The Kier molecular flexibility index (Phi) is 4.22. The lowest BCUT2D eigenvalue weighted by atomic mass is 9.83. The summed E-state index contributed by atoms with van der Waals surface area (Å²) in [5.74, 6) is 0.0405. The summed E-state index contributed by atoms with van der Waals surface area (Å²) in [6, 6.07) is 0. The first-order chi connectivity index (χ1) is 10.4. The van der Waals surface area contributed by atoms with Crippen LogP contribution in [0, 0.1) is 0 Å². The van der Waals surface area contributed by atoms with Crippen molar-refractivity contribution >= 4 is 15.9 Å². The minimum Gasteiger partial charge on any atom is -0.395 e. The van der Waals surface area contributed by atoms with Gasteiger partial charge in [0.2, 0.25) is 15.9 Å². The molecule has 0 unspecified atom stereocenters. The molecule has 0 aromatic rings. The van der Waals surface area contributed by atoms with E-state index in [1.807, 2.05) is 7.05 Å². The summed E-state index contributed by atoms with van der Waals surface area (Å²) in [6.45, 7) is 2.55. The Balaban J connectivity index is 1.73. The molecule has 3 rings (SSSR count). The van der Waals surface area contributed by atoms with Crippen LogP contribution in [0.5, 0.6) is 0 Å². The van der Waals surface area contributed by atoms with Crippen molar-refractivity contribution < 1.29 is 18.3 Å². The smallest absolute Gasteiger partial charge is 0.243 e. The zero-order valence-electron chi connectivity index (χ0n) is 13.1. The van der Waals surface area contributed by atoms with Gasteiger partial charge >= 0.3 is 0 Å². The van der Waals surface area contributed by atoms with E-state index in [0.717, 1.165) is 19.4 Å². The van der Waals surface area contributed by atoms with Gasteiger partial charge in [-0.3, -0.25) is 9.69 Å². The van der Waals surface area contributed by atoms with Gasteiger partial charge in [-0.1, -0.05) is 0 Å². The summed E-state index contributed by atoms with van der Waals surface area (Å²) < 4.78 is 26.2. The molecule has 22 heavy (non-hydrogen) atoms. The number of nitrogens with zero attached hydrogens (tertiary/aromatic N) is 3. The number of carbonyl (C=O) groups is 1. The highest BCUT2D eigenvalue weighted by Gasteiger charge is 2.51. The van der Waals surface area contributed by atoms with Crippen molar-refractivity contribution in [1.82, 2.24) is 14.1 Å². The van der Waals surface area contributed by atoms with E-state index in [-0.39, 0.29) is 17.8 Å². The van der Waals surface area contributed by atoms with Crippen LogP contribution in [-0.2, 0) is 14.8 Å². The molecular weight excluding hydrogens is 306 g/mol. The number of piperidine rings is 1. The van der Waals surface area contributed by atoms with E-state index in [9.17, 15) is 13.2 Å². The van der Waals surface area contributed by atoms with E-state index in [1.165, 1.54) is 0 Å². The van der Waals surface area contributed by atoms with Crippen molar-refractivity contribution in [2.45, 2.75) is 36.5 Å². The van der Waals surface area contributed by atoms with Gasteiger partial charge in [0.15, 0.2) is 0 Å². The number of β-amino-alcohol motifs (C(OH)–C–C–N with tert-alkyl or cyclic N) is 1. The molecule has 0 aromatic carbocycles. The van der Waals surface area contributed by atoms with Crippen LogP contribution in [0.3, 0.4) is 0 Å². The second-order valence-electron chi connectivity index (χ2n) is 6.61. The predicted octanol–water partition coefficient (Wildman–Crippen LogP) is -0.920. The van der Waals surface area contributed by atoms with Crippen LogP contribution in [0.25, 0.3) is 0 Å². The van der Waals surface area contributed by atoms with E-state index >= 15 is 0 Å². The van der Waals surface area contributed by atoms with Crippen LogP contribution >= 0.6 is 0 Å². The Labute approximate surface area is 131 Å². The zero-order valence-corrected chi connectivity index (χ0v) is 13.9. The SMILES string of the molecule is CN1CCN(CCO)C(=O)C12CCN(S(=O)(=O)C1CC1)CC2. The number of rotatable bonds is 4. The molecule has 7 nitrogen and oxygen atoms in total. The first-order valence-electron chi connectivity index (χ1n) is 8.02. The molecule has 1 spiro atoms. The summed E-state index contributed by atoms with van der Waals surface area (Å²) in [7, 11) is -1.21. The van der Waals surface area contributed by atoms with E-state index in [1.54, 1.807) is 9.21 Å². The highest BCUT2D eigenvalue weighted by atomic mass is 32.2. The number of likely N-dealkylation sites (N-methyl/N-ethyl adjacent to an activating group) is 1. The molecule has 2 heterocycles. The standard InChI is InChI=1S/C14H25N3O4S/c1-15-8-9-16(10-11-18)13(19)14(15)4-6-17(7-5-14)22(20,21)12-2-3-12/h12,18H,2-11H2,1H3. The van der Waals surface area contributed by atoms with Gasteiger partial charge in [-0.25, -0.2) is 12.7 Å². The third-order valence-electron chi connectivity index (χ3n) is 5.35. The molecule has 2 aliphatic heterocycles. The molecule has 1 N–H and O–H groups in total. The van der Waals surface area contributed by atoms with Crippen LogP contribution in [0.15, 0.2) is 0 Å². The number of aliphatic hydroxyl groups excluding tert-OH is 1. The normalized spacial score (nSPS) is 27.5. The van der Waals surface area contributed by atoms with Crippen LogP contribution in [0.1, 0.15) is 25.7 Å². The van der Waals surface area contributed by atoms with E-state index in [4.69, 9.17) is 5.11 Å². The average Bonchev–Trinajstić information content (AvgIpc) is 3.34. The van der Waals surface area contributed by atoms with Gasteiger partial charge in [-0.05, 0) is 32.7 Å². The molecule has 1 amide bonds. The quantitative estimate of drug-likeness (QED) is 0.721. The van der Waals surface area contributed by atoms with Crippen LogP contribution < -0.4 is 0 Å². The monoisotopic (exact) mass is 331 g/mol. The fraction of sp³-hybridized carbons (Fsp3) is 0.929. The maximum atomic E-state index is 12.8. The minimum absolute atomic E-state index is 0.0340. The molecule has 126 valence electrons. The highest BCUT2D eigenvalue weighted by molar-refractivity contribution is 7.90. The van der Waals surface area contributed by atoms with Gasteiger partial charge < -0.3 is 10.0 Å². The van der Waals surface area contributed by atoms with Crippen molar-refractivity contribution in [1.29, 1.82) is 0 Å². The van der Waals surface area contributed by atoms with Gasteiger partial charge in [-0.2, -0.15) is 0 Å². The molecule has 3 aliphatic rings. The molecule has 0 bridgehead atoms. The topological polar surface area (TPSA) is 81.2 Å². The van der Waals surface area contributed by atoms with Crippen LogP contribution in [0.4, 0.5) is 0 Å². The predicted molar refractivity (Wildman–Crippen MR) is 81.8 cm³/mol. The fourth-order valence-corrected chi connectivity index (χ4v) is 5.51. The molecule has 3 fully saturated rings. The van der Waals surface area contributed by atoms with Gasteiger partial charge in [0.25, 0.3) is 0 Å². The van der Waals surface area contributed by atoms with Crippen LogP contribution in [0.2, 0.25) is 0 Å². The largest absolute Gasteiger partial charge is 0.395 e. The lowest BCUT2D eigenvalue weighted by Gasteiger charge is -2.51. The summed E-state index contributed by atoms with van der Waals surface area (Å²) in [5, 5.41) is 8.92. The Morgan fingerprint density at radius 3 is 2.36 bits per heavy atom. The number of aliphatic hydroxyl groups is 1. The summed E-state index contributed by atoms with van der Waals surface area (Å²) in [4.78, 5) is 16.6. The number of piperazine rings is 1. The highest BCUT2D eigenvalue weighted by Crippen LogP contribution is 2.37. The van der Waals surface area contributed by atoms with Gasteiger partial charge in [0.1, 0.15) is 5.54 Å². The molecular formula is C14H25N3O4S. The zero-order chi connectivity index (χ0) is 16.0. The van der Waals surface area contributed by atoms with Crippen molar-refractivity contribution in [3.05, 3.63) is 0 Å². The molecule has 0 aromatic heterocycles. The number of hydrogen-bond acceptors (Lipinski definition) is 5. The Morgan fingerprint density at radius 2 is 1.82 bits per heavy atom. The van der Waals surface area contributed by atoms with Gasteiger partial charge in [-0.15, -0.1) is 0 Å². The van der Waals surface area contributed by atoms with E-state index in [0.29, 0.717) is 39.0 Å². The van der Waals surface area contributed by atoms with E-state index < -0.39 is 15.6 Å². The minimum atomic E-state index is -3.15. The fourth-order valence-electron chi connectivity index (χ4n) is 3.66. The molecule has 8 heteroatoms. The maximum absolute atomic E-state index is 12.8. The summed E-state index contributed by atoms with van der Waals surface area (Å²) in [6.07, 6.45) is 2.62. The molecule has 1 aliphatic carbocycles. The average molecular weight is 331 g/mol. The number of hydrogen-bond donors (Lipinski definition) is 1. The van der Waals surface area contributed by atoms with Crippen molar-refractivity contribution in [3.63, 3.8) is 0 Å². The molecule has 0 radical (unpaired) electrons. The second-order valence-corrected chi connectivity index (χ2v) is 8.83. The summed E-state index contributed by atoms with van der Waals surface area (Å²) in [5.41, 5.74) is -0.594. The van der Waals surface area contributed by atoms with E-state index in [2.05, 4.69) is 4.90 Å². The molecule has 2 saturated heterocycles. The number of carbonyl (C=O) groups excluding carboxylic acids is 1. The Bertz CT molecular complexity index is 538. The Morgan fingerprint density at radius 1 is 1.18 bits per heavy atom. The van der Waals surface area contributed by atoms with Crippen molar-refractivity contribution in [2.75, 3.05) is 46.4 Å². The third kappa shape index (κ3) is 2.55. The summed E-state index contributed by atoms with van der Waals surface area (Å²) >= 11 is 0. The van der Waals surface area contributed by atoms with Gasteiger partial charge in [0, 0.05) is 32.7 Å². The third-order valence-corrected chi connectivity index (χ3v) is 7.75. The number of sulfonamides is 1. The second kappa shape index (κ2) is 5.74. The van der Waals surface area contributed by atoms with Crippen molar-refractivity contribution in [2.24, 2.45) is 0 Å². The van der Waals surface area contributed by atoms with Gasteiger partial charge in [0.05, 0.1) is 11.9 Å². The van der Waals surface area contributed by atoms with Crippen LogP contribution in [-0.4, -0.2) is 90.7 Å². The first-order valence-corrected chi connectivity index (χ1v) is 9.52. The molecule has 0 atom stereocenters. The molecule has 1 saturated carbocycles. The maximum Gasteiger partial charge on any atom is 0.243 e. The van der Waals surface area contributed by atoms with Crippen molar-refractivity contribution in [3.8, 4) is 0 Å². The number of amides is 1. The lowest BCUT2D eigenvalue weighted by molar-refractivity contribution is -0.153. The first kappa shape index (κ1) is 16.2. The Hall–Kier alpha value is -0.700.